The van der Waals surface area contributed by atoms with Gasteiger partial charge < -0.3 is 5.32 Å². The van der Waals surface area contributed by atoms with Gasteiger partial charge in [0, 0.05) is 18.2 Å². The summed E-state index contributed by atoms with van der Waals surface area (Å²) in [5.41, 5.74) is 0.775. The van der Waals surface area contributed by atoms with E-state index in [4.69, 9.17) is 0 Å². The molecule has 1 N–H and O–H groups in total. The van der Waals surface area contributed by atoms with E-state index < -0.39 is 0 Å². The quantitative estimate of drug-likeness (QED) is 0.909. The van der Waals surface area contributed by atoms with Gasteiger partial charge in [-0.1, -0.05) is 6.92 Å². The average molecular weight is 289 g/mol. The van der Waals surface area contributed by atoms with Crippen molar-refractivity contribution in [2.75, 3.05) is 6.54 Å². The molecule has 110 valence electrons. The zero-order chi connectivity index (χ0) is 15.2. The summed E-state index contributed by atoms with van der Waals surface area (Å²) in [6.07, 6.45) is 2.16. The molecule has 0 atom stereocenters. The van der Waals surface area contributed by atoms with Gasteiger partial charge in [-0.15, -0.1) is 0 Å². The van der Waals surface area contributed by atoms with Crippen LogP contribution in [-0.2, 0) is 11.3 Å². The highest BCUT2D eigenvalue weighted by Gasteiger charge is 2.06. The first-order valence-corrected chi connectivity index (χ1v) is 6.69. The maximum absolute atomic E-state index is 12.9. The van der Waals surface area contributed by atoms with Gasteiger partial charge in [-0.2, -0.15) is 0 Å². The zero-order valence-corrected chi connectivity index (χ0v) is 11.7. The molecule has 2 aromatic rings. The lowest BCUT2D eigenvalue weighted by molar-refractivity contribution is -0.121. The number of carbonyl (C=O) groups is 1. The van der Waals surface area contributed by atoms with Gasteiger partial charge in [-0.25, -0.2) is 9.37 Å². The van der Waals surface area contributed by atoms with E-state index in [9.17, 15) is 14.0 Å². The molecule has 21 heavy (non-hydrogen) atoms. The van der Waals surface area contributed by atoms with Crippen molar-refractivity contribution in [2.24, 2.45) is 0 Å². The second kappa shape index (κ2) is 6.78. The summed E-state index contributed by atoms with van der Waals surface area (Å²) in [6, 6.07) is 7.05. The predicted molar refractivity (Wildman–Crippen MR) is 77.2 cm³/mol. The summed E-state index contributed by atoms with van der Waals surface area (Å²) < 4.78 is 14.1. The molecule has 1 aromatic carbocycles. The molecule has 0 bridgehead atoms. The maximum atomic E-state index is 12.9. The van der Waals surface area contributed by atoms with Crippen LogP contribution in [0.1, 0.15) is 13.3 Å². The fourth-order valence-corrected chi connectivity index (χ4v) is 1.80. The molecule has 0 radical (unpaired) electrons. The Morgan fingerprint density at radius 3 is 2.67 bits per heavy atom. The van der Waals surface area contributed by atoms with Gasteiger partial charge in [0.05, 0.1) is 12.0 Å². The van der Waals surface area contributed by atoms with Crippen LogP contribution in [0, 0.1) is 5.82 Å². The largest absolute Gasteiger partial charge is 0.355 e. The second-order valence-corrected chi connectivity index (χ2v) is 4.60. The van der Waals surface area contributed by atoms with E-state index in [1.165, 1.54) is 29.1 Å². The van der Waals surface area contributed by atoms with Crippen LogP contribution in [-0.4, -0.2) is 22.0 Å². The summed E-state index contributed by atoms with van der Waals surface area (Å²) >= 11 is 0. The molecule has 1 amide bonds. The van der Waals surface area contributed by atoms with Crippen molar-refractivity contribution < 1.29 is 9.18 Å². The lowest BCUT2D eigenvalue weighted by Gasteiger charge is -2.07. The Kier molecular flexibility index (Phi) is 4.81. The number of aromatic nitrogens is 2. The third kappa shape index (κ3) is 3.98. The number of nitrogens with zero attached hydrogens (tertiary/aromatic N) is 2. The van der Waals surface area contributed by atoms with Crippen LogP contribution >= 0.6 is 0 Å². The lowest BCUT2D eigenvalue weighted by Crippen LogP contribution is -2.32. The number of rotatable bonds is 5. The molecule has 0 aliphatic rings. The maximum Gasteiger partial charge on any atom is 0.254 e. The first kappa shape index (κ1) is 14.9. The second-order valence-electron chi connectivity index (χ2n) is 4.60. The molecular weight excluding hydrogens is 273 g/mol. The molecule has 0 fully saturated rings. The molecule has 0 spiro atoms. The highest BCUT2D eigenvalue weighted by molar-refractivity contribution is 5.75. The molecule has 6 heteroatoms. The van der Waals surface area contributed by atoms with Crippen LogP contribution in [0.4, 0.5) is 4.39 Å². The Morgan fingerprint density at radius 2 is 2.05 bits per heavy atom. The average Bonchev–Trinajstić information content (AvgIpc) is 2.48. The van der Waals surface area contributed by atoms with Crippen LogP contribution in [0.3, 0.4) is 0 Å². The molecule has 1 heterocycles. The van der Waals surface area contributed by atoms with E-state index >= 15 is 0 Å². The standard InChI is InChI=1S/C15H16FN3O2/c1-2-7-17-14(20)9-19-10-18-13(8-15(19)21)11-3-5-12(16)6-4-11/h3-6,8,10H,2,7,9H2,1H3,(H,17,20). The zero-order valence-electron chi connectivity index (χ0n) is 11.7. The van der Waals surface area contributed by atoms with Crippen LogP contribution in [0.25, 0.3) is 11.3 Å². The first-order chi connectivity index (χ1) is 10.1. The van der Waals surface area contributed by atoms with E-state index in [0.29, 0.717) is 17.8 Å². The van der Waals surface area contributed by atoms with Crippen LogP contribution in [0.2, 0.25) is 0 Å². The van der Waals surface area contributed by atoms with Crippen molar-refractivity contribution in [3.63, 3.8) is 0 Å². The molecule has 1 aromatic heterocycles. The van der Waals surface area contributed by atoms with Crippen molar-refractivity contribution in [2.45, 2.75) is 19.9 Å². The van der Waals surface area contributed by atoms with Crippen molar-refractivity contribution in [1.82, 2.24) is 14.9 Å². The fraction of sp³-hybridized carbons (Fsp3) is 0.267. The summed E-state index contributed by atoms with van der Waals surface area (Å²) in [6.45, 7) is 2.47. The van der Waals surface area contributed by atoms with Crippen molar-refractivity contribution >= 4 is 5.91 Å². The predicted octanol–water partition coefficient (Wildman–Crippen LogP) is 1.58. The third-order valence-electron chi connectivity index (χ3n) is 2.91. The Labute approximate surface area is 121 Å². The van der Waals surface area contributed by atoms with Crippen LogP contribution in [0.5, 0.6) is 0 Å². The third-order valence-corrected chi connectivity index (χ3v) is 2.91. The van der Waals surface area contributed by atoms with Gasteiger partial charge in [-0.05, 0) is 30.7 Å². The van der Waals surface area contributed by atoms with Crippen molar-refractivity contribution in [1.29, 1.82) is 0 Å². The Balaban J connectivity index is 2.16. The van der Waals surface area contributed by atoms with Crippen LogP contribution < -0.4 is 10.9 Å². The highest BCUT2D eigenvalue weighted by atomic mass is 19.1. The highest BCUT2D eigenvalue weighted by Crippen LogP contribution is 2.14. The number of nitrogens with one attached hydrogen (secondary N) is 1. The Morgan fingerprint density at radius 1 is 1.33 bits per heavy atom. The monoisotopic (exact) mass is 289 g/mol. The number of hydrogen-bond donors (Lipinski definition) is 1. The minimum absolute atomic E-state index is 0.0600. The molecule has 0 aliphatic carbocycles. The molecule has 0 saturated heterocycles. The van der Waals surface area contributed by atoms with E-state index in [-0.39, 0.29) is 23.8 Å². The van der Waals surface area contributed by atoms with Crippen molar-refractivity contribution in [3.8, 4) is 11.3 Å². The topological polar surface area (TPSA) is 64.0 Å². The summed E-state index contributed by atoms with van der Waals surface area (Å²) in [4.78, 5) is 27.7. The van der Waals surface area contributed by atoms with Crippen LogP contribution in [0.15, 0.2) is 41.5 Å². The molecule has 0 unspecified atom stereocenters. The van der Waals surface area contributed by atoms with E-state index in [2.05, 4.69) is 10.3 Å². The Hall–Kier alpha value is -2.50. The molecule has 5 nitrogen and oxygen atoms in total. The molecular formula is C15H16FN3O2. The van der Waals surface area contributed by atoms with Gasteiger partial charge in [0.25, 0.3) is 5.56 Å². The van der Waals surface area contributed by atoms with Gasteiger partial charge in [0.2, 0.25) is 5.91 Å². The normalized spacial score (nSPS) is 10.4. The summed E-state index contributed by atoms with van der Waals surface area (Å²) in [5, 5.41) is 2.69. The lowest BCUT2D eigenvalue weighted by atomic mass is 10.1. The minimum atomic E-state index is -0.348. The van der Waals surface area contributed by atoms with E-state index in [1.54, 1.807) is 12.1 Å². The number of benzene rings is 1. The first-order valence-electron chi connectivity index (χ1n) is 6.69. The fourth-order valence-electron chi connectivity index (χ4n) is 1.80. The minimum Gasteiger partial charge on any atom is -0.355 e. The van der Waals surface area contributed by atoms with E-state index in [1.807, 2.05) is 6.92 Å². The molecule has 0 saturated carbocycles. The summed E-state index contributed by atoms with van der Waals surface area (Å²) in [5.74, 6) is -0.574. The molecule has 0 aliphatic heterocycles. The Bertz CT molecular complexity index is 680. The van der Waals surface area contributed by atoms with Gasteiger partial charge in [-0.3, -0.25) is 14.2 Å². The smallest absolute Gasteiger partial charge is 0.254 e. The number of halogens is 1. The number of carbonyl (C=O) groups excluding carboxylic acids is 1. The van der Waals surface area contributed by atoms with Gasteiger partial charge >= 0.3 is 0 Å². The number of amides is 1. The van der Waals surface area contributed by atoms with Gasteiger partial charge in [0.1, 0.15) is 12.4 Å². The van der Waals surface area contributed by atoms with E-state index in [0.717, 1.165) is 6.42 Å². The number of hydrogen-bond acceptors (Lipinski definition) is 3. The van der Waals surface area contributed by atoms with Gasteiger partial charge in [0.15, 0.2) is 0 Å². The summed E-state index contributed by atoms with van der Waals surface area (Å²) in [7, 11) is 0. The SMILES string of the molecule is CCCNC(=O)Cn1cnc(-c2ccc(F)cc2)cc1=O. The van der Waals surface area contributed by atoms with Crippen molar-refractivity contribution in [3.05, 3.63) is 52.8 Å². The molecule has 2 rings (SSSR count).